The zero-order valence-corrected chi connectivity index (χ0v) is 7.66. The van der Waals surface area contributed by atoms with E-state index in [1.165, 1.54) is 12.1 Å². The quantitative estimate of drug-likeness (QED) is 0.692. The van der Waals surface area contributed by atoms with Crippen molar-refractivity contribution in [3.8, 4) is 5.75 Å². The van der Waals surface area contributed by atoms with Crippen LogP contribution in [0.3, 0.4) is 0 Å². The zero-order chi connectivity index (χ0) is 10.9. The van der Waals surface area contributed by atoms with Gasteiger partial charge in [0.1, 0.15) is 12.1 Å². The van der Waals surface area contributed by atoms with Gasteiger partial charge in [-0.1, -0.05) is 12.1 Å². The lowest BCUT2D eigenvalue weighted by molar-refractivity contribution is 0.0897. The molecule has 1 aromatic carbocycles. The van der Waals surface area contributed by atoms with Crippen molar-refractivity contribution < 1.29 is 9.90 Å². The molecular formula is C9H8N4O2. The third-order valence-electron chi connectivity index (χ3n) is 2.00. The average molecular weight is 204 g/mol. The van der Waals surface area contributed by atoms with E-state index in [4.69, 9.17) is 5.73 Å². The van der Waals surface area contributed by atoms with E-state index < -0.39 is 11.6 Å². The van der Waals surface area contributed by atoms with Gasteiger partial charge in [-0.3, -0.25) is 10.5 Å². The predicted octanol–water partition coefficient (Wildman–Crippen LogP) is 0.681. The van der Waals surface area contributed by atoms with E-state index in [0.717, 1.165) is 6.34 Å². The number of aliphatic imine (C=N–C) groups is 1. The Morgan fingerprint density at radius 1 is 1.40 bits per heavy atom. The first-order valence-corrected chi connectivity index (χ1v) is 4.21. The Kier molecular flexibility index (Phi) is 2.05. The maximum absolute atomic E-state index is 11.8. The Labute approximate surface area is 85.2 Å². The average Bonchev–Trinajstić information content (AvgIpc) is 2.66. The standard InChI is InChI=1S/C9H8N4O2/c10-9(11-5-12-13-9)8(15)6-3-1-2-4-7(6)14/h1-5,14H,10H2. The molecule has 0 radical (unpaired) electrons. The van der Waals surface area contributed by atoms with Crippen LogP contribution in [0.25, 0.3) is 0 Å². The van der Waals surface area contributed by atoms with Crippen LogP contribution in [0.4, 0.5) is 0 Å². The van der Waals surface area contributed by atoms with Crippen LogP contribution < -0.4 is 5.73 Å². The van der Waals surface area contributed by atoms with Crippen LogP contribution in [0.15, 0.2) is 39.5 Å². The van der Waals surface area contributed by atoms with E-state index in [2.05, 4.69) is 15.2 Å². The first-order chi connectivity index (χ1) is 7.13. The number of hydrogen-bond acceptors (Lipinski definition) is 6. The van der Waals surface area contributed by atoms with Crippen molar-refractivity contribution in [1.29, 1.82) is 0 Å². The van der Waals surface area contributed by atoms with Gasteiger partial charge in [0.2, 0.25) is 5.78 Å². The van der Waals surface area contributed by atoms with Gasteiger partial charge in [0.05, 0.1) is 5.56 Å². The van der Waals surface area contributed by atoms with Gasteiger partial charge < -0.3 is 5.11 Å². The smallest absolute Gasteiger partial charge is 0.287 e. The summed E-state index contributed by atoms with van der Waals surface area (Å²) in [5, 5.41) is 16.4. The Bertz CT molecular complexity index is 455. The molecule has 1 aliphatic rings. The number of nitrogens with zero attached hydrogens (tertiary/aromatic N) is 3. The van der Waals surface area contributed by atoms with Gasteiger partial charge >= 0.3 is 0 Å². The van der Waals surface area contributed by atoms with Crippen molar-refractivity contribution in [2.75, 3.05) is 0 Å². The second kappa shape index (κ2) is 3.25. The molecule has 1 aliphatic heterocycles. The number of carbonyl (C=O) groups is 1. The summed E-state index contributed by atoms with van der Waals surface area (Å²) >= 11 is 0. The molecule has 1 unspecified atom stereocenters. The van der Waals surface area contributed by atoms with Gasteiger partial charge in [0.15, 0.2) is 0 Å². The maximum Gasteiger partial charge on any atom is 0.287 e. The van der Waals surface area contributed by atoms with Gasteiger partial charge in [-0.05, 0) is 12.1 Å². The molecule has 0 aromatic heterocycles. The van der Waals surface area contributed by atoms with Crippen molar-refractivity contribution in [3.63, 3.8) is 0 Å². The summed E-state index contributed by atoms with van der Waals surface area (Å²) in [7, 11) is 0. The van der Waals surface area contributed by atoms with Gasteiger partial charge in [0, 0.05) is 0 Å². The number of phenols is 1. The third kappa shape index (κ3) is 1.50. The number of nitrogens with two attached hydrogens (primary N) is 1. The highest BCUT2D eigenvalue weighted by Gasteiger charge is 2.37. The van der Waals surface area contributed by atoms with Crippen molar-refractivity contribution in [1.82, 2.24) is 0 Å². The molecule has 1 atom stereocenters. The number of rotatable bonds is 2. The van der Waals surface area contributed by atoms with E-state index in [-0.39, 0.29) is 11.3 Å². The van der Waals surface area contributed by atoms with Gasteiger partial charge in [-0.2, -0.15) is 0 Å². The fourth-order valence-corrected chi connectivity index (χ4v) is 1.22. The summed E-state index contributed by atoms with van der Waals surface area (Å²) in [5.41, 5.74) is 5.67. The highest BCUT2D eigenvalue weighted by atomic mass is 16.3. The number of para-hydroxylation sites is 1. The summed E-state index contributed by atoms with van der Waals surface area (Å²) in [6, 6.07) is 6.07. The van der Waals surface area contributed by atoms with Crippen LogP contribution in [0.1, 0.15) is 10.4 Å². The Balaban J connectivity index is 2.41. The number of hydrogen-bond donors (Lipinski definition) is 2. The normalized spacial score (nSPS) is 23.3. The molecule has 0 saturated heterocycles. The topological polar surface area (TPSA) is 100 Å². The van der Waals surface area contributed by atoms with Crippen molar-refractivity contribution in [2.24, 2.45) is 21.0 Å². The van der Waals surface area contributed by atoms with E-state index in [1.54, 1.807) is 12.1 Å². The molecule has 0 saturated carbocycles. The summed E-state index contributed by atoms with van der Waals surface area (Å²) in [6.07, 6.45) is 1.11. The molecule has 76 valence electrons. The number of benzene rings is 1. The number of ketones is 1. The Hall–Kier alpha value is -2.08. The lowest BCUT2D eigenvalue weighted by Gasteiger charge is -2.14. The molecular weight excluding hydrogens is 196 g/mol. The Morgan fingerprint density at radius 3 is 2.73 bits per heavy atom. The number of phenolic OH excluding ortho intramolecular Hbond substituents is 1. The molecule has 6 heteroatoms. The van der Waals surface area contributed by atoms with Gasteiger partial charge in [0.25, 0.3) is 5.79 Å². The molecule has 6 nitrogen and oxygen atoms in total. The summed E-state index contributed by atoms with van der Waals surface area (Å²) in [4.78, 5) is 15.5. The minimum Gasteiger partial charge on any atom is -0.507 e. The number of Topliss-reactive ketones (excluding diaryl/α,β-unsaturated/α-hetero) is 1. The van der Waals surface area contributed by atoms with E-state index in [0.29, 0.717) is 0 Å². The monoisotopic (exact) mass is 204 g/mol. The van der Waals surface area contributed by atoms with E-state index >= 15 is 0 Å². The van der Waals surface area contributed by atoms with E-state index in [1.807, 2.05) is 0 Å². The molecule has 15 heavy (non-hydrogen) atoms. The third-order valence-corrected chi connectivity index (χ3v) is 2.00. The van der Waals surface area contributed by atoms with Crippen molar-refractivity contribution in [2.45, 2.75) is 5.79 Å². The second-order valence-corrected chi connectivity index (χ2v) is 3.03. The lowest BCUT2D eigenvalue weighted by Crippen LogP contribution is -2.42. The molecule has 0 bridgehead atoms. The SMILES string of the molecule is NC1(C(=O)c2ccccc2O)N=CN=N1. The highest BCUT2D eigenvalue weighted by molar-refractivity contribution is 6.05. The Morgan fingerprint density at radius 2 is 2.13 bits per heavy atom. The first-order valence-electron chi connectivity index (χ1n) is 4.21. The largest absolute Gasteiger partial charge is 0.507 e. The van der Waals surface area contributed by atoms with Crippen LogP contribution in [0.2, 0.25) is 0 Å². The second-order valence-electron chi connectivity index (χ2n) is 3.03. The minimum absolute atomic E-state index is 0.0815. The minimum atomic E-state index is -1.72. The van der Waals surface area contributed by atoms with Crippen LogP contribution in [0.5, 0.6) is 5.75 Å². The van der Waals surface area contributed by atoms with Crippen molar-refractivity contribution in [3.05, 3.63) is 29.8 Å². The van der Waals surface area contributed by atoms with Crippen molar-refractivity contribution >= 4 is 12.1 Å². The molecule has 0 aliphatic carbocycles. The predicted molar refractivity (Wildman–Crippen MR) is 52.7 cm³/mol. The van der Waals surface area contributed by atoms with Crippen LogP contribution in [0, 0.1) is 0 Å². The fraction of sp³-hybridized carbons (Fsp3) is 0.111. The summed E-state index contributed by atoms with van der Waals surface area (Å²) in [6.45, 7) is 0. The lowest BCUT2D eigenvalue weighted by atomic mass is 10.1. The zero-order valence-electron chi connectivity index (χ0n) is 7.66. The van der Waals surface area contributed by atoms with Gasteiger partial charge in [-0.25, -0.2) is 4.99 Å². The van der Waals surface area contributed by atoms with Crippen LogP contribution >= 0.6 is 0 Å². The molecule has 1 heterocycles. The molecule has 3 N–H and O–H groups in total. The summed E-state index contributed by atoms with van der Waals surface area (Å²) < 4.78 is 0. The van der Waals surface area contributed by atoms with E-state index in [9.17, 15) is 9.90 Å². The molecule has 0 amide bonds. The highest BCUT2D eigenvalue weighted by Crippen LogP contribution is 2.23. The molecule has 0 fully saturated rings. The maximum atomic E-state index is 11.8. The van der Waals surface area contributed by atoms with Crippen LogP contribution in [-0.4, -0.2) is 23.0 Å². The van der Waals surface area contributed by atoms with Crippen LogP contribution in [-0.2, 0) is 0 Å². The molecule has 2 rings (SSSR count). The first kappa shape index (κ1) is 9.47. The summed E-state index contributed by atoms with van der Waals surface area (Å²) in [5.74, 6) is -2.46. The molecule has 1 aromatic rings. The van der Waals surface area contributed by atoms with Gasteiger partial charge in [-0.15, -0.1) is 10.2 Å². The number of azo groups is 1. The number of carbonyl (C=O) groups excluding carboxylic acids is 1. The molecule has 0 spiro atoms. The fourth-order valence-electron chi connectivity index (χ4n) is 1.22. The number of aromatic hydroxyl groups is 1.